The standard InChI is InChI=1S/C31H33ClF3N7O/c32-25-8-4-7-23(15-25)19-38-30-40-27(17-28(41-30)42-14-13-36-20-42)39-26(16-21-5-2-1-3-6-21)29(43)37-18-22-9-11-24(12-10-22)31(33,34)35/h4,7-15,17,20-21,26H,1-3,5-6,16,18-19H2,(H,37,43)(H2,38,39,40,41). The molecule has 2 heterocycles. The van der Waals surface area contributed by atoms with E-state index in [0.29, 0.717) is 47.1 Å². The van der Waals surface area contributed by atoms with Crippen molar-refractivity contribution in [1.82, 2.24) is 24.8 Å². The average molecular weight is 612 g/mol. The van der Waals surface area contributed by atoms with E-state index in [1.807, 2.05) is 18.2 Å². The highest BCUT2D eigenvalue weighted by Gasteiger charge is 2.30. The van der Waals surface area contributed by atoms with Crippen LogP contribution in [0.5, 0.6) is 0 Å². The molecule has 226 valence electrons. The largest absolute Gasteiger partial charge is 0.416 e. The van der Waals surface area contributed by atoms with E-state index in [4.69, 9.17) is 11.6 Å². The van der Waals surface area contributed by atoms with Crippen LogP contribution in [-0.4, -0.2) is 31.5 Å². The van der Waals surface area contributed by atoms with E-state index < -0.39 is 17.8 Å². The molecular weight excluding hydrogens is 579 g/mol. The summed E-state index contributed by atoms with van der Waals surface area (Å²) >= 11 is 6.14. The minimum atomic E-state index is -4.41. The van der Waals surface area contributed by atoms with Crippen molar-refractivity contribution in [2.75, 3.05) is 10.6 Å². The summed E-state index contributed by atoms with van der Waals surface area (Å²) in [6.45, 7) is 0.544. The molecule has 1 amide bonds. The number of aromatic nitrogens is 4. The molecule has 0 radical (unpaired) electrons. The molecule has 2 aromatic carbocycles. The van der Waals surface area contributed by atoms with Gasteiger partial charge in [-0.05, 0) is 47.7 Å². The van der Waals surface area contributed by atoms with Crippen molar-refractivity contribution in [3.8, 4) is 5.82 Å². The van der Waals surface area contributed by atoms with Crippen molar-refractivity contribution in [3.05, 3.63) is 95.0 Å². The number of amides is 1. The third kappa shape index (κ3) is 8.70. The Morgan fingerprint density at radius 1 is 1.00 bits per heavy atom. The lowest BCUT2D eigenvalue weighted by atomic mass is 9.84. The van der Waals surface area contributed by atoms with Crippen molar-refractivity contribution in [3.63, 3.8) is 0 Å². The zero-order valence-corrected chi connectivity index (χ0v) is 24.2. The molecule has 4 aromatic rings. The number of alkyl halides is 3. The van der Waals surface area contributed by atoms with Crippen LogP contribution in [0.15, 0.2) is 73.3 Å². The van der Waals surface area contributed by atoms with Crippen LogP contribution in [-0.2, 0) is 24.1 Å². The summed E-state index contributed by atoms with van der Waals surface area (Å²) in [5.74, 6) is 1.50. The summed E-state index contributed by atoms with van der Waals surface area (Å²) in [5.41, 5.74) is 0.808. The first-order chi connectivity index (χ1) is 20.7. The van der Waals surface area contributed by atoms with E-state index in [-0.39, 0.29) is 12.5 Å². The van der Waals surface area contributed by atoms with Gasteiger partial charge in [-0.15, -0.1) is 0 Å². The molecule has 1 unspecified atom stereocenters. The predicted molar refractivity (Wildman–Crippen MR) is 160 cm³/mol. The maximum Gasteiger partial charge on any atom is 0.416 e. The van der Waals surface area contributed by atoms with Gasteiger partial charge in [0.2, 0.25) is 11.9 Å². The van der Waals surface area contributed by atoms with Gasteiger partial charge in [-0.2, -0.15) is 23.1 Å². The smallest absolute Gasteiger partial charge is 0.358 e. The molecule has 8 nitrogen and oxygen atoms in total. The molecule has 0 saturated heterocycles. The fraction of sp³-hybridized carbons (Fsp3) is 0.355. The van der Waals surface area contributed by atoms with Crippen LogP contribution in [0.25, 0.3) is 5.82 Å². The molecular formula is C31H33ClF3N7O. The number of anilines is 2. The predicted octanol–water partition coefficient (Wildman–Crippen LogP) is 7.01. The number of rotatable bonds is 11. The Hall–Kier alpha value is -4.12. The zero-order valence-electron chi connectivity index (χ0n) is 23.4. The monoisotopic (exact) mass is 611 g/mol. The average Bonchev–Trinajstić information content (AvgIpc) is 3.54. The Balaban J connectivity index is 1.34. The van der Waals surface area contributed by atoms with Crippen molar-refractivity contribution in [2.24, 2.45) is 5.92 Å². The summed E-state index contributed by atoms with van der Waals surface area (Å²) in [7, 11) is 0. The van der Waals surface area contributed by atoms with Crippen molar-refractivity contribution in [2.45, 2.75) is 63.8 Å². The van der Waals surface area contributed by atoms with Gasteiger partial charge in [0.1, 0.15) is 24.0 Å². The lowest BCUT2D eigenvalue weighted by Crippen LogP contribution is -2.41. The first kappa shape index (κ1) is 30.3. The molecule has 0 aliphatic heterocycles. The van der Waals surface area contributed by atoms with E-state index in [1.54, 1.807) is 35.4 Å². The molecule has 12 heteroatoms. The normalized spacial score (nSPS) is 14.7. The Bertz CT molecular complexity index is 1490. The van der Waals surface area contributed by atoms with E-state index >= 15 is 0 Å². The summed E-state index contributed by atoms with van der Waals surface area (Å²) in [4.78, 5) is 26.9. The maximum atomic E-state index is 13.5. The molecule has 43 heavy (non-hydrogen) atoms. The molecule has 1 aliphatic rings. The second kappa shape index (κ2) is 13.9. The molecule has 0 bridgehead atoms. The van der Waals surface area contributed by atoms with Gasteiger partial charge in [-0.25, -0.2) is 4.98 Å². The number of imidazole rings is 1. The van der Waals surface area contributed by atoms with Gasteiger partial charge in [0, 0.05) is 36.6 Å². The first-order valence-electron chi connectivity index (χ1n) is 14.3. The summed E-state index contributed by atoms with van der Waals surface area (Å²) in [5, 5.41) is 10.1. The zero-order chi connectivity index (χ0) is 30.2. The van der Waals surface area contributed by atoms with Crippen LogP contribution >= 0.6 is 11.6 Å². The van der Waals surface area contributed by atoms with Crippen molar-refractivity contribution < 1.29 is 18.0 Å². The summed E-state index contributed by atoms with van der Waals surface area (Å²) in [6, 6.07) is 13.4. The van der Waals surface area contributed by atoms with Gasteiger partial charge >= 0.3 is 6.18 Å². The number of nitrogens with one attached hydrogen (secondary N) is 3. The number of nitrogens with zero attached hydrogens (tertiary/aromatic N) is 4. The number of hydrogen-bond acceptors (Lipinski definition) is 6. The Morgan fingerprint density at radius 2 is 1.79 bits per heavy atom. The van der Waals surface area contributed by atoms with E-state index in [1.165, 1.54) is 18.6 Å². The molecule has 1 atom stereocenters. The van der Waals surface area contributed by atoms with Gasteiger partial charge < -0.3 is 16.0 Å². The third-order valence-electron chi connectivity index (χ3n) is 7.50. The Kier molecular flexibility index (Phi) is 9.81. The third-order valence-corrected chi connectivity index (χ3v) is 7.74. The number of hydrogen-bond donors (Lipinski definition) is 3. The number of carbonyl (C=O) groups excluding carboxylic acids is 1. The lowest BCUT2D eigenvalue weighted by Gasteiger charge is -2.27. The molecule has 3 N–H and O–H groups in total. The summed E-state index contributed by atoms with van der Waals surface area (Å²) < 4.78 is 40.6. The van der Waals surface area contributed by atoms with Gasteiger partial charge in [-0.3, -0.25) is 9.36 Å². The highest BCUT2D eigenvalue weighted by Crippen LogP contribution is 2.30. The Labute approximate surface area is 253 Å². The number of carbonyl (C=O) groups is 1. The number of halogens is 4. The number of benzene rings is 2. The summed E-state index contributed by atoms with van der Waals surface area (Å²) in [6.07, 6.45) is 6.76. The van der Waals surface area contributed by atoms with Crippen LogP contribution in [0.3, 0.4) is 0 Å². The Morgan fingerprint density at radius 3 is 2.49 bits per heavy atom. The molecule has 2 aromatic heterocycles. The molecule has 1 saturated carbocycles. The van der Waals surface area contributed by atoms with E-state index in [9.17, 15) is 18.0 Å². The van der Waals surface area contributed by atoms with E-state index in [0.717, 1.165) is 43.4 Å². The van der Waals surface area contributed by atoms with Crippen molar-refractivity contribution >= 4 is 29.3 Å². The first-order valence-corrected chi connectivity index (χ1v) is 14.7. The van der Waals surface area contributed by atoms with Gasteiger partial charge in [0.25, 0.3) is 0 Å². The lowest BCUT2D eigenvalue weighted by molar-refractivity contribution is -0.137. The van der Waals surface area contributed by atoms with Gasteiger partial charge in [-0.1, -0.05) is 68.0 Å². The van der Waals surface area contributed by atoms with Crippen LogP contribution in [0.4, 0.5) is 24.9 Å². The SMILES string of the molecule is O=C(NCc1ccc(C(F)(F)F)cc1)C(CC1CCCCC1)Nc1cc(-n2ccnc2)nc(NCc2cccc(Cl)c2)n1. The molecule has 5 rings (SSSR count). The minimum absolute atomic E-state index is 0.107. The molecule has 0 spiro atoms. The molecule has 1 aliphatic carbocycles. The fourth-order valence-electron chi connectivity index (χ4n) is 5.23. The van der Waals surface area contributed by atoms with Crippen LogP contribution in [0.1, 0.15) is 55.2 Å². The highest BCUT2D eigenvalue weighted by molar-refractivity contribution is 6.30. The maximum absolute atomic E-state index is 13.5. The van der Waals surface area contributed by atoms with E-state index in [2.05, 4.69) is 30.9 Å². The minimum Gasteiger partial charge on any atom is -0.358 e. The second-order valence-electron chi connectivity index (χ2n) is 10.7. The van der Waals surface area contributed by atoms with Gasteiger partial charge in [0.15, 0.2) is 0 Å². The quantitative estimate of drug-likeness (QED) is 0.169. The van der Waals surface area contributed by atoms with Crippen LogP contribution in [0, 0.1) is 5.92 Å². The van der Waals surface area contributed by atoms with Crippen LogP contribution < -0.4 is 16.0 Å². The van der Waals surface area contributed by atoms with Gasteiger partial charge in [0.05, 0.1) is 5.56 Å². The molecule has 1 fully saturated rings. The highest BCUT2D eigenvalue weighted by atomic mass is 35.5. The second-order valence-corrected chi connectivity index (χ2v) is 11.2. The van der Waals surface area contributed by atoms with Crippen LogP contribution in [0.2, 0.25) is 5.02 Å². The fourth-order valence-corrected chi connectivity index (χ4v) is 5.45. The topological polar surface area (TPSA) is 96.8 Å². The van der Waals surface area contributed by atoms with Crippen molar-refractivity contribution in [1.29, 1.82) is 0 Å².